The van der Waals surface area contributed by atoms with Gasteiger partial charge < -0.3 is 20.5 Å². The molecule has 166 valence electrons. The summed E-state index contributed by atoms with van der Waals surface area (Å²) in [7, 11) is 0. The Balaban J connectivity index is 1.80. The third-order valence-electron chi connectivity index (χ3n) is 5.82. The lowest BCUT2D eigenvalue weighted by molar-refractivity contribution is -0.150. The van der Waals surface area contributed by atoms with Gasteiger partial charge in [-0.1, -0.05) is 42.5 Å². The summed E-state index contributed by atoms with van der Waals surface area (Å²) in [5.41, 5.74) is 8.08. The van der Waals surface area contributed by atoms with Crippen LogP contribution in [0.4, 0.5) is 10.1 Å². The van der Waals surface area contributed by atoms with Gasteiger partial charge in [-0.05, 0) is 53.9 Å². The van der Waals surface area contributed by atoms with E-state index in [9.17, 15) is 19.1 Å². The largest absolute Gasteiger partial charge is 0.480 e. The van der Waals surface area contributed by atoms with Crippen molar-refractivity contribution in [1.82, 2.24) is 0 Å². The van der Waals surface area contributed by atoms with E-state index in [4.69, 9.17) is 10.5 Å². The molecular formula is C25H25FN2O4. The molecule has 0 aromatic heterocycles. The first-order valence-electron chi connectivity index (χ1n) is 10.5. The highest BCUT2D eigenvalue weighted by Crippen LogP contribution is 2.44. The molecule has 0 fully saturated rings. The lowest BCUT2D eigenvalue weighted by Crippen LogP contribution is -2.49. The van der Waals surface area contributed by atoms with Crippen LogP contribution in [-0.4, -0.2) is 35.2 Å². The maximum atomic E-state index is 14.2. The number of esters is 1. The summed E-state index contributed by atoms with van der Waals surface area (Å²) in [5.74, 6) is -3.33. The summed E-state index contributed by atoms with van der Waals surface area (Å²) in [6.45, 7) is 3.64. The second-order valence-corrected chi connectivity index (χ2v) is 8.29. The Hall–Kier alpha value is -3.45. The SMILES string of the molecule is CC(C)OC(=O)C(N)C1c2cc(F)ccc2N(Cc2cccc3ccccc23)C1C(=O)O. The topological polar surface area (TPSA) is 92.9 Å². The zero-order valence-corrected chi connectivity index (χ0v) is 17.9. The molecule has 4 rings (SSSR count). The first kappa shape index (κ1) is 21.8. The molecule has 3 aromatic carbocycles. The van der Waals surface area contributed by atoms with E-state index in [1.54, 1.807) is 24.8 Å². The number of carbonyl (C=O) groups excluding carboxylic acids is 1. The summed E-state index contributed by atoms with van der Waals surface area (Å²) in [5, 5.41) is 12.2. The number of carbonyl (C=O) groups is 2. The number of hydrogen-bond donors (Lipinski definition) is 2. The maximum absolute atomic E-state index is 14.2. The Bertz CT molecular complexity index is 1170. The van der Waals surface area contributed by atoms with E-state index in [0.29, 0.717) is 11.3 Å². The minimum atomic E-state index is -1.25. The van der Waals surface area contributed by atoms with Crippen LogP contribution in [-0.2, 0) is 20.9 Å². The molecule has 7 heteroatoms. The van der Waals surface area contributed by atoms with E-state index in [1.165, 1.54) is 12.1 Å². The fraction of sp³-hybridized carbons (Fsp3) is 0.280. The highest BCUT2D eigenvalue weighted by Gasteiger charge is 2.48. The number of nitrogens with two attached hydrogens (primary N) is 1. The highest BCUT2D eigenvalue weighted by molar-refractivity contribution is 5.90. The van der Waals surface area contributed by atoms with Gasteiger partial charge in [-0.2, -0.15) is 0 Å². The van der Waals surface area contributed by atoms with E-state index in [1.807, 2.05) is 42.5 Å². The van der Waals surface area contributed by atoms with Crippen LogP contribution in [0.2, 0.25) is 0 Å². The summed E-state index contributed by atoms with van der Waals surface area (Å²) in [6.07, 6.45) is -0.406. The third kappa shape index (κ3) is 3.91. The molecule has 6 nitrogen and oxygen atoms in total. The molecule has 0 saturated heterocycles. The van der Waals surface area contributed by atoms with Gasteiger partial charge in [0.05, 0.1) is 6.10 Å². The minimum absolute atomic E-state index is 0.263. The van der Waals surface area contributed by atoms with E-state index in [2.05, 4.69) is 0 Å². The molecule has 3 atom stereocenters. The van der Waals surface area contributed by atoms with Crippen molar-refractivity contribution in [1.29, 1.82) is 0 Å². The fourth-order valence-electron chi connectivity index (χ4n) is 4.50. The molecule has 1 heterocycles. The molecule has 3 aromatic rings. The molecule has 1 aliphatic rings. The number of rotatable bonds is 6. The Labute approximate surface area is 185 Å². The van der Waals surface area contributed by atoms with Gasteiger partial charge in [-0.3, -0.25) is 4.79 Å². The normalized spacial score (nSPS) is 18.6. The molecule has 0 amide bonds. The van der Waals surface area contributed by atoms with E-state index in [0.717, 1.165) is 16.3 Å². The highest BCUT2D eigenvalue weighted by atomic mass is 19.1. The number of carboxylic acid groups (broad SMARTS) is 1. The lowest BCUT2D eigenvalue weighted by Gasteiger charge is -2.29. The molecular weight excluding hydrogens is 411 g/mol. The number of nitrogens with zero attached hydrogens (tertiary/aromatic N) is 1. The summed E-state index contributed by atoms with van der Waals surface area (Å²) in [6, 6.07) is 15.4. The quantitative estimate of drug-likeness (QED) is 0.571. The van der Waals surface area contributed by atoms with E-state index >= 15 is 0 Å². The molecule has 3 unspecified atom stereocenters. The van der Waals surface area contributed by atoms with Gasteiger partial charge in [0.2, 0.25) is 0 Å². The van der Waals surface area contributed by atoms with Crippen LogP contribution in [0.5, 0.6) is 0 Å². The van der Waals surface area contributed by atoms with Crippen molar-refractivity contribution >= 4 is 28.4 Å². The molecule has 32 heavy (non-hydrogen) atoms. The predicted octanol–water partition coefficient (Wildman–Crippen LogP) is 3.81. The van der Waals surface area contributed by atoms with E-state index in [-0.39, 0.29) is 6.54 Å². The Morgan fingerprint density at radius 3 is 2.56 bits per heavy atom. The van der Waals surface area contributed by atoms with Gasteiger partial charge in [-0.25, -0.2) is 9.18 Å². The minimum Gasteiger partial charge on any atom is -0.480 e. The molecule has 1 aliphatic heterocycles. The van der Waals surface area contributed by atoms with Gasteiger partial charge in [0.25, 0.3) is 0 Å². The van der Waals surface area contributed by atoms with E-state index < -0.39 is 41.9 Å². The van der Waals surface area contributed by atoms with Crippen molar-refractivity contribution in [3.05, 3.63) is 77.6 Å². The summed E-state index contributed by atoms with van der Waals surface area (Å²) < 4.78 is 19.4. The first-order chi connectivity index (χ1) is 15.3. The van der Waals surface area contributed by atoms with Crippen LogP contribution in [0.3, 0.4) is 0 Å². The number of fused-ring (bicyclic) bond motifs is 2. The number of aliphatic carboxylic acids is 1. The van der Waals surface area contributed by atoms with Gasteiger partial charge in [0, 0.05) is 18.2 Å². The van der Waals surface area contributed by atoms with Crippen molar-refractivity contribution in [2.24, 2.45) is 5.73 Å². The van der Waals surface area contributed by atoms with Gasteiger partial charge in [-0.15, -0.1) is 0 Å². The molecule has 0 bridgehead atoms. The smallest absolute Gasteiger partial charge is 0.327 e. The first-order valence-corrected chi connectivity index (χ1v) is 10.5. The Morgan fingerprint density at radius 1 is 1.12 bits per heavy atom. The molecule has 0 spiro atoms. The average molecular weight is 436 g/mol. The van der Waals surface area contributed by atoms with Gasteiger partial charge >= 0.3 is 11.9 Å². The summed E-state index contributed by atoms with van der Waals surface area (Å²) >= 11 is 0. The van der Waals surface area contributed by atoms with Crippen molar-refractivity contribution in [3.8, 4) is 0 Å². The number of hydrogen-bond acceptors (Lipinski definition) is 5. The maximum Gasteiger partial charge on any atom is 0.327 e. The third-order valence-corrected chi connectivity index (χ3v) is 5.82. The van der Waals surface area contributed by atoms with Crippen molar-refractivity contribution in [2.45, 2.75) is 44.5 Å². The van der Waals surface area contributed by atoms with Crippen LogP contribution >= 0.6 is 0 Å². The van der Waals surface area contributed by atoms with Gasteiger partial charge in [0.1, 0.15) is 17.9 Å². The monoisotopic (exact) mass is 436 g/mol. The molecule has 3 N–H and O–H groups in total. The number of anilines is 1. The fourth-order valence-corrected chi connectivity index (χ4v) is 4.50. The Morgan fingerprint density at radius 2 is 1.84 bits per heavy atom. The van der Waals surface area contributed by atoms with Gasteiger partial charge in [0.15, 0.2) is 0 Å². The molecule has 0 aliphatic carbocycles. The second-order valence-electron chi connectivity index (χ2n) is 8.29. The van der Waals surface area contributed by atoms with Crippen LogP contribution < -0.4 is 10.6 Å². The number of ether oxygens (including phenoxy) is 1. The molecule has 0 radical (unpaired) electrons. The summed E-state index contributed by atoms with van der Waals surface area (Å²) in [4.78, 5) is 26.7. The number of benzene rings is 3. The molecule has 0 saturated carbocycles. The lowest BCUT2D eigenvalue weighted by atomic mass is 9.88. The predicted molar refractivity (Wildman–Crippen MR) is 120 cm³/mol. The number of carboxylic acids is 1. The zero-order valence-electron chi connectivity index (χ0n) is 17.9. The second kappa shape index (κ2) is 8.59. The Kier molecular flexibility index (Phi) is 5.84. The van der Waals surface area contributed by atoms with Crippen LogP contribution in [0, 0.1) is 5.82 Å². The van der Waals surface area contributed by atoms with Crippen molar-refractivity contribution in [3.63, 3.8) is 0 Å². The standard InChI is InChI=1S/C25H25FN2O4/c1-14(2)32-25(31)22(27)21-19-12-17(26)10-11-20(19)28(23(21)24(29)30)13-16-8-5-7-15-6-3-4-9-18(15)16/h3-12,14,21-23H,13,27H2,1-2H3,(H,29,30). The van der Waals surface area contributed by atoms with Crippen LogP contribution in [0.1, 0.15) is 30.9 Å². The zero-order chi connectivity index (χ0) is 23.0. The van der Waals surface area contributed by atoms with Crippen LogP contribution in [0.25, 0.3) is 10.8 Å². The average Bonchev–Trinajstić information content (AvgIpc) is 3.06. The van der Waals surface area contributed by atoms with Crippen LogP contribution in [0.15, 0.2) is 60.7 Å². The van der Waals surface area contributed by atoms with Crippen molar-refractivity contribution < 1.29 is 23.8 Å². The number of halogens is 1. The van der Waals surface area contributed by atoms with Crippen molar-refractivity contribution in [2.75, 3.05) is 4.90 Å².